The Morgan fingerprint density at radius 3 is 2.60 bits per heavy atom. The summed E-state index contributed by atoms with van der Waals surface area (Å²) in [5.41, 5.74) is 1.54. The van der Waals surface area contributed by atoms with Crippen molar-refractivity contribution in [2.45, 2.75) is 36.7 Å². The van der Waals surface area contributed by atoms with Gasteiger partial charge in [-0.1, -0.05) is 29.8 Å². The Bertz CT molecular complexity index is 1120. The van der Waals surface area contributed by atoms with Crippen LogP contribution in [0.5, 0.6) is 0 Å². The van der Waals surface area contributed by atoms with E-state index in [1.54, 1.807) is 36.4 Å². The van der Waals surface area contributed by atoms with Gasteiger partial charge in [0, 0.05) is 18.5 Å². The summed E-state index contributed by atoms with van der Waals surface area (Å²) in [5, 5.41) is 6.17. The van der Waals surface area contributed by atoms with Gasteiger partial charge in [-0.15, -0.1) is 0 Å². The Balaban J connectivity index is 1.39. The molecule has 0 saturated carbocycles. The zero-order chi connectivity index (χ0) is 24.8. The second-order valence-corrected chi connectivity index (χ2v) is 10.6. The maximum absolute atomic E-state index is 14.2. The highest BCUT2D eigenvalue weighted by Gasteiger charge is 2.38. The molecule has 0 aliphatic carbocycles. The second kappa shape index (κ2) is 11.5. The molecule has 0 bridgehead atoms. The second-order valence-electron chi connectivity index (χ2n) is 8.42. The molecular weight excluding hydrogens is 491 g/mol. The van der Waals surface area contributed by atoms with Gasteiger partial charge < -0.3 is 24.7 Å². The third-order valence-corrected chi connectivity index (χ3v) is 7.68. The van der Waals surface area contributed by atoms with Crippen LogP contribution in [-0.4, -0.2) is 36.0 Å². The van der Waals surface area contributed by atoms with E-state index < -0.39 is 22.6 Å². The Morgan fingerprint density at radius 2 is 1.97 bits per heavy atom. The fraction of sp³-hybridized carbons (Fsp3) is 0.346. The third kappa shape index (κ3) is 6.38. The predicted octanol–water partition coefficient (Wildman–Crippen LogP) is 4.32. The quantitative estimate of drug-likeness (QED) is 0.509. The van der Waals surface area contributed by atoms with Gasteiger partial charge in [0.1, 0.15) is 17.2 Å². The van der Waals surface area contributed by atoms with E-state index in [1.807, 2.05) is 19.1 Å². The first-order valence-electron chi connectivity index (χ1n) is 11.5. The van der Waals surface area contributed by atoms with Gasteiger partial charge in [-0.2, -0.15) is 0 Å². The minimum atomic E-state index is -1.01. The van der Waals surface area contributed by atoms with Crippen molar-refractivity contribution < 1.29 is 23.2 Å². The fourth-order valence-electron chi connectivity index (χ4n) is 4.11. The molecule has 9 heteroatoms. The van der Waals surface area contributed by atoms with Crippen molar-refractivity contribution in [1.82, 2.24) is 10.6 Å². The molecule has 35 heavy (non-hydrogen) atoms. The molecule has 2 aromatic rings. The number of allylic oxidation sites excluding steroid dienone is 2. The maximum atomic E-state index is 14.2. The molecule has 0 radical (unpaired) electrons. The van der Waals surface area contributed by atoms with Gasteiger partial charge in [0.05, 0.1) is 31.2 Å². The largest absolute Gasteiger partial charge is 0.611 e. The van der Waals surface area contributed by atoms with Gasteiger partial charge in [-0.3, -0.25) is 4.79 Å². The Hall–Kier alpha value is -2.52. The number of rotatable bonds is 8. The third-order valence-electron chi connectivity index (χ3n) is 6.05. The molecule has 2 heterocycles. The molecule has 1 unspecified atom stereocenters. The lowest BCUT2D eigenvalue weighted by Gasteiger charge is -2.39. The molecule has 2 aromatic carbocycles. The molecule has 1 fully saturated rings. The zero-order valence-corrected chi connectivity index (χ0v) is 21.0. The van der Waals surface area contributed by atoms with Crippen LogP contribution in [0.2, 0.25) is 5.02 Å². The summed E-state index contributed by atoms with van der Waals surface area (Å²) >= 11 is 4.86. The van der Waals surface area contributed by atoms with Gasteiger partial charge in [-0.25, -0.2) is 4.39 Å². The van der Waals surface area contributed by atoms with Crippen LogP contribution in [0, 0.1) is 5.82 Å². The van der Waals surface area contributed by atoms with E-state index in [9.17, 15) is 13.7 Å². The molecule has 1 atom stereocenters. The van der Waals surface area contributed by atoms with E-state index in [2.05, 4.69) is 10.6 Å². The van der Waals surface area contributed by atoms with Crippen LogP contribution in [0.4, 0.5) is 4.39 Å². The monoisotopic (exact) mass is 518 g/mol. The van der Waals surface area contributed by atoms with E-state index in [0.717, 1.165) is 10.5 Å². The van der Waals surface area contributed by atoms with Gasteiger partial charge in [0.25, 0.3) is 0 Å². The molecule has 186 valence electrons. The van der Waals surface area contributed by atoms with E-state index in [0.29, 0.717) is 55.5 Å². The summed E-state index contributed by atoms with van der Waals surface area (Å²) in [5.74, 6) is 0.478. The lowest BCUT2D eigenvalue weighted by molar-refractivity contribution is -0.119. The van der Waals surface area contributed by atoms with Crippen LogP contribution < -0.4 is 10.6 Å². The number of ether oxygens (including phenoxy) is 2. The predicted molar refractivity (Wildman–Crippen MR) is 134 cm³/mol. The molecule has 2 aliphatic rings. The number of carbonyl (C=O) groups is 1. The SMILES string of the molecule is CC[S+]([O-])c1ccc(CC(=O)NC2=CC=C(OC3(c4ccc(Cl)c(F)c4)CCOCC3)NC2)cc1. The summed E-state index contributed by atoms with van der Waals surface area (Å²) < 4.78 is 37.9. The molecule has 0 spiro atoms. The standard InChI is InChI=1S/C26H28ClFN2O4S/c1-2-35(32)21-7-3-18(4-8-21)15-24(31)30-20-6-10-25(29-17-20)34-26(11-13-33-14-12-26)19-5-9-22(27)23(28)16-19/h3-10,16,29H,2,11-15,17H2,1H3,(H,30,31). The number of amides is 1. The minimum absolute atomic E-state index is 0.0705. The highest BCUT2D eigenvalue weighted by atomic mass is 35.5. The average Bonchev–Trinajstić information content (AvgIpc) is 2.87. The van der Waals surface area contributed by atoms with Crippen LogP contribution in [0.25, 0.3) is 0 Å². The zero-order valence-electron chi connectivity index (χ0n) is 19.4. The molecule has 2 aliphatic heterocycles. The van der Waals surface area contributed by atoms with Crippen LogP contribution in [-0.2, 0) is 37.5 Å². The first-order valence-corrected chi connectivity index (χ1v) is 13.2. The van der Waals surface area contributed by atoms with Crippen molar-refractivity contribution in [2.75, 3.05) is 25.5 Å². The number of dihydropyridines is 1. The normalized spacial score (nSPS) is 18.1. The van der Waals surface area contributed by atoms with Gasteiger partial charge in [0.2, 0.25) is 5.91 Å². The number of benzene rings is 2. The number of carbonyl (C=O) groups excluding carboxylic acids is 1. The average molecular weight is 519 g/mol. The number of halogens is 2. The number of hydrogen-bond donors (Lipinski definition) is 2. The molecular formula is C26H28ClFN2O4S. The van der Waals surface area contributed by atoms with E-state index in [1.165, 1.54) is 6.07 Å². The first-order chi connectivity index (χ1) is 16.9. The Kier molecular flexibility index (Phi) is 8.38. The summed E-state index contributed by atoms with van der Waals surface area (Å²) in [7, 11) is 0. The van der Waals surface area contributed by atoms with Crippen molar-refractivity contribution in [3.8, 4) is 0 Å². The molecule has 1 amide bonds. The van der Waals surface area contributed by atoms with Crippen LogP contribution in [0.3, 0.4) is 0 Å². The van der Waals surface area contributed by atoms with E-state index in [4.69, 9.17) is 21.1 Å². The lowest BCUT2D eigenvalue weighted by atomic mass is 9.86. The van der Waals surface area contributed by atoms with Crippen LogP contribution in [0.15, 0.2) is 71.1 Å². The highest BCUT2D eigenvalue weighted by molar-refractivity contribution is 7.91. The van der Waals surface area contributed by atoms with E-state index in [-0.39, 0.29) is 17.4 Å². The minimum Gasteiger partial charge on any atom is -0.611 e. The van der Waals surface area contributed by atoms with Gasteiger partial charge >= 0.3 is 0 Å². The van der Waals surface area contributed by atoms with Gasteiger partial charge in [-0.05, 0) is 65.6 Å². The van der Waals surface area contributed by atoms with Gasteiger partial charge in [0.15, 0.2) is 10.8 Å². The molecule has 1 saturated heterocycles. The molecule has 4 rings (SSSR count). The summed E-state index contributed by atoms with van der Waals surface area (Å²) in [6.45, 7) is 3.26. The number of nitrogens with one attached hydrogen (secondary N) is 2. The van der Waals surface area contributed by atoms with Crippen molar-refractivity contribution in [3.05, 3.63) is 88.2 Å². The number of hydrogen-bond acceptors (Lipinski definition) is 5. The van der Waals surface area contributed by atoms with Crippen LogP contribution in [0.1, 0.15) is 30.9 Å². The summed E-state index contributed by atoms with van der Waals surface area (Å²) in [6.07, 6.45) is 4.93. The molecule has 0 aromatic heterocycles. The highest BCUT2D eigenvalue weighted by Crippen LogP contribution is 2.39. The van der Waals surface area contributed by atoms with Crippen molar-refractivity contribution >= 4 is 28.7 Å². The topological polar surface area (TPSA) is 82.7 Å². The molecule has 6 nitrogen and oxygen atoms in total. The molecule has 2 N–H and O–H groups in total. The lowest BCUT2D eigenvalue weighted by Crippen LogP contribution is -2.40. The van der Waals surface area contributed by atoms with Crippen molar-refractivity contribution in [2.24, 2.45) is 0 Å². The maximum Gasteiger partial charge on any atom is 0.228 e. The van der Waals surface area contributed by atoms with Crippen molar-refractivity contribution in [3.63, 3.8) is 0 Å². The van der Waals surface area contributed by atoms with E-state index >= 15 is 0 Å². The van der Waals surface area contributed by atoms with Crippen LogP contribution >= 0.6 is 11.6 Å². The summed E-state index contributed by atoms with van der Waals surface area (Å²) in [6, 6.07) is 12.0. The Labute approximate surface area is 212 Å². The summed E-state index contributed by atoms with van der Waals surface area (Å²) in [4.78, 5) is 13.3. The smallest absolute Gasteiger partial charge is 0.228 e. The Morgan fingerprint density at radius 1 is 1.23 bits per heavy atom. The first kappa shape index (κ1) is 25.6. The van der Waals surface area contributed by atoms with Crippen molar-refractivity contribution in [1.29, 1.82) is 0 Å². The fourth-order valence-corrected chi connectivity index (χ4v) is 5.00.